The maximum atomic E-state index is 12.3. The van der Waals surface area contributed by atoms with Gasteiger partial charge in [0.25, 0.3) is 0 Å². The van der Waals surface area contributed by atoms with Gasteiger partial charge in [0.05, 0.1) is 11.1 Å². The molecule has 1 aromatic rings. The van der Waals surface area contributed by atoms with E-state index in [2.05, 4.69) is 0 Å². The third kappa shape index (κ3) is 4.31. The molecule has 0 bridgehead atoms. The number of benzene rings is 1. The molecule has 0 saturated carbocycles. The van der Waals surface area contributed by atoms with Crippen LogP contribution in [0.15, 0.2) is 12.1 Å². The Kier molecular flexibility index (Phi) is 6.40. The molecule has 1 unspecified atom stereocenters. The van der Waals surface area contributed by atoms with Crippen molar-refractivity contribution in [1.29, 1.82) is 0 Å². The van der Waals surface area contributed by atoms with Gasteiger partial charge in [-0.25, -0.2) is 9.59 Å². The van der Waals surface area contributed by atoms with E-state index in [-0.39, 0.29) is 17.2 Å². The van der Waals surface area contributed by atoms with Gasteiger partial charge in [0.1, 0.15) is 6.10 Å². The average Bonchev–Trinajstić information content (AvgIpc) is 2.46. The third-order valence-electron chi connectivity index (χ3n) is 3.65. The molecule has 0 aromatic heterocycles. The van der Waals surface area contributed by atoms with Gasteiger partial charge < -0.3 is 9.84 Å². The zero-order valence-electron chi connectivity index (χ0n) is 13.2. The molecule has 0 saturated heterocycles. The molecular formula is C17H24O4. The predicted octanol–water partition coefficient (Wildman–Crippen LogP) is 3.99. The predicted molar refractivity (Wildman–Crippen MR) is 81.9 cm³/mol. The van der Waals surface area contributed by atoms with Crippen molar-refractivity contribution in [2.45, 2.75) is 59.5 Å². The number of ether oxygens (including phenoxy) is 1. The fourth-order valence-corrected chi connectivity index (χ4v) is 2.36. The number of carboxylic acids is 1. The molecule has 0 aliphatic heterocycles. The van der Waals surface area contributed by atoms with Gasteiger partial charge in [-0.3, -0.25) is 0 Å². The van der Waals surface area contributed by atoms with Crippen LogP contribution in [0.1, 0.15) is 71.9 Å². The van der Waals surface area contributed by atoms with E-state index in [1.54, 1.807) is 12.1 Å². The van der Waals surface area contributed by atoms with E-state index in [4.69, 9.17) is 4.74 Å². The lowest BCUT2D eigenvalue weighted by atomic mass is 9.97. The summed E-state index contributed by atoms with van der Waals surface area (Å²) in [5.41, 5.74) is 2.02. The van der Waals surface area contributed by atoms with Crippen LogP contribution in [0.2, 0.25) is 0 Å². The van der Waals surface area contributed by atoms with Crippen molar-refractivity contribution < 1.29 is 19.4 Å². The molecule has 21 heavy (non-hydrogen) atoms. The summed E-state index contributed by atoms with van der Waals surface area (Å²) >= 11 is 0. The Bertz CT molecular complexity index is 520. The number of aryl methyl sites for hydroxylation is 2. The number of esters is 1. The van der Waals surface area contributed by atoms with Crippen molar-refractivity contribution in [3.8, 4) is 0 Å². The molecule has 4 heteroatoms. The van der Waals surface area contributed by atoms with E-state index in [1.807, 2.05) is 27.7 Å². The van der Waals surface area contributed by atoms with Gasteiger partial charge in [-0.2, -0.15) is 0 Å². The molecule has 116 valence electrons. The Morgan fingerprint density at radius 2 is 1.86 bits per heavy atom. The van der Waals surface area contributed by atoms with Crippen molar-refractivity contribution in [2.24, 2.45) is 0 Å². The smallest absolute Gasteiger partial charge is 0.339 e. The van der Waals surface area contributed by atoms with Crippen LogP contribution in [0.25, 0.3) is 0 Å². The summed E-state index contributed by atoms with van der Waals surface area (Å²) in [6.45, 7) is 7.81. The van der Waals surface area contributed by atoms with Crippen molar-refractivity contribution in [2.75, 3.05) is 0 Å². The standard InChI is InChI=1S/C17H24O4/c1-5-8-13(7-3)21-17(20)15-10-12(6-2)11(4)9-14(15)16(18)19/h9-10,13H,5-8H2,1-4H3,(H,18,19). The van der Waals surface area contributed by atoms with Crippen molar-refractivity contribution in [1.82, 2.24) is 0 Å². The minimum absolute atomic E-state index is 0.0149. The highest BCUT2D eigenvalue weighted by molar-refractivity contribution is 6.02. The van der Waals surface area contributed by atoms with Crippen molar-refractivity contribution >= 4 is 11.9 Å². The maximum Gasteiger partial charge on any atom is 0.339 e. The lowest BCUT2D eigenvalue weighted by Gasteiger charge is -2.17. The van der Waals surface area contributed by atoms with Gasteiger partial charge in [0.2, 0.25) is 0 Å². The summed E-state index contributed by atoms with van der Waals surface area (Å²) in [4.78, 5) is 23.7. The van der Waals surface area contributed by atoms with Crippen LogP contribution in [0.3, 0.4) is 0 Å². The molecule has 0 aliphatic rings. The van der Waals surface area contributed by atoms with E-state index in [1.165, 1.54) is 0 Å². The van der Waals surface area contributed by atoms with Gasteiger partial charge >= 0.3 is 11.9 Å². The third-order valence-corrected chi connectivity index (χ3v) is 3.65. The minimum Gasteiger partial charge on any atom is -0.478 e. The number of carboxylic acid groups (broad SMARTS) is 1. The second-order valence-electron chi connectivity index (χ2n) is 5.21. The summed E-state index contributed by atoms with van der Waals surface area (Å²) in [6.07, 6.45) is 3.03. The van der Waals surface area contributed by atoms with Crippen molar-refractivity contribution in [3.05, 3.63) is 34.4 Å². The van der Waals surface area contributed by atoms with Gasteiger partial charge in [0, 0.05) is 0 Å². The number of carbonyl (C=O) groups is 2. The molecular weight excluding hydrogens is 268 g/mol. The number of hydrogen-bond acceptors (Lipinski definition) is 3. The van der Waals surface area contributed by atoms with Crippen LogP contribution in [0.5, 0.6) is 0 Å². The first kappa shape index (κ1) is 17.2. The van der Waals surface area contributed by atoms with Gasteiger partial charge in [-0.15, -0.1) is 0 Å². The molecule has 1 aromatic carbocycles. The largest absolute Gasteiger partial charge is 0.478 e. The van der Waals surface area contributed by atoms with Crippen LogP contribution in [0, 0.1) is 6.92 Å². The number of carbonyl (C=O) groups excluding carboxylic acids is 1. The molecule has 4 nitrogen and oxygen atoms in total. The average molecular weight is 292 g/mol. The van der Waals surface area contributed by atoms with Crippen LogP contribution in [-0.4, -0.2) is 23.1 Å². The van der Waals surface area contributed by atoms with E-state index in [0.29, 0.717) is 0 Å². The SMILES string of the molecule is CCCC(CC)OC(=O)c1cc(CC)c(C)cc1C(=O)O. The molecule has 0 aliphatic carbocycles. The molecule has 0 fully saturated rings. The molecule has 0 spiro atoms. The van der Waals surface area contributed by atoms with E-state index in [0.717, 1.165) is 36.8 Å². The zero-order chi connectivity index (χ0) is 16.0. The maximum absolute atomic E-state index is 12.3. The first-order valence-electron chi connectivity index (χ1n) is 7.52. The van der Waals surface area contributed by atoms with E-state index < -0.39 is 11.9 Å². The number of rotatable bonds is 7. The Morgan fingerprint density at radius 3 is 2.33 bits per heavy atom. The fourth-order valence-electron chi connectivity index (χ4n) is 2.36. The second kappa shape index (κ2) is 7.81. The van der Waals surface area contributed by atoms with Crippen LogP contribution < -0.4 is 0 Å². The normalized spacial score (nSPS) is 12.0. The topological polar surface area (TPSA) is 63.6 Å². The lowest BCUT2D eigenvalue weighted by molar-refractivity contribution is 0.0266. The summed E-state index contributed by atoms with van der Waals surface area (Å²) in [5, 5.41) is 9.29. The Balaban J connectivity index is 3.14. The van der Waals surface area contributed by atoms with E-state index >= 15 is 0 Å². The van der Waals surface area contributed by atoms with E-state index in [9.17, 15) is 14.7 Å². The molecule has 0 heterocycles. The summed E-state index contributed by atoms with van der Waals surface area (Å²) in [6, 6.07) is 3.21. The Morgan fingerprint density at radius 1 is 1.19 bits per heavy atom. The Hall–Kier alpha value is -1.84. The quantitative estimate of drug-likeness (QED) is 0.772. The second-order valence-corrected chi connectivity index (χ2v) is 5.21. The lowest BCUT2D eigenvalue weighted by Crippen LogP contribution is -2.20. The van der Waals surface area contributed by atoms with Crippen LogP contribution >= 0.6 is 0 Å². The molecule has 0 radical (unpaired) electrons. The van der Waals surface area contributed by atoms with Crippen LogP contribution in [-0.2, 0) is 11.2 Å². The molecule has 1 rings (SSSR count). The van der Waals surface area contributed by atoms with Gasteiger partial charge in [0.15, 0.2) is 0 Å². The highest BCUT2D eigenvalue weighted by atomic mass is 16.5. The monoisotopic (exact) mass is 292 g/mol. The first-order valence-corrected chi connectivity index (χ1v) is 7.52. The van der Waals surface area contributed by atoms with Gasteiger partial charge in [-0.05, 0) is 49.4 Å². The highest BCUT2D eigenvalue weighted by Crippen LogP contribution is 2.20. The fraction of sp³-hybridized carbons (Fsp3) is 0.529. The zero-order valence-corrected chi connectivity index (χ0v) is 13.2. The van der Waals surface area contributed by atoms with Crippen LogP contribution in [0.4, 0.5) is 0 Å². The summed E-state index contributed by atoms with van der Waals surface area (Å²) in [5.74, 6) is -1.64. The number of aromatic carboxylic acids is 1. The Labute approximate surface area is 126 Å². The minimum atomic E-state index is -1.10. The summed E-state index contributed by atoms with van der Waals surface area (Å²) in [7, 11) is 0. The summed E-state index contributed by atoms with van der Waals surface area (Å²) < 4.78 is 5.45. The molecule has 1 atom stereocenters. The molecule has 1 N–H and O–H groups in total. The number of hydrogen-bond donors (Lipinski definition) is 1. The highest BCUT2D eigenvalue weighted by Gasteiger charge is 2.22. The molecule has 0 amide bonds. The van der Waals surface area contributed by atoms with Crippen molar-refractivity contribution in [3.63, 3.8) is 0 Å². The van der Waals surface area contributed by atoms with Gasteiger partial charge in [-0.1, -0.05) is 27.2 Å². The first-order chi connectivity index (χ1) is 9.94.